The van der Waals surface area contributed by atoms with Crippen molar-refractivity contribution >= 4 is 34.2 Å². The lowest BCUT2D eigenvalue weighted by Gasteiger charge is -2.36. The Morgan fingerprint density at radius 3 is 2.38 bits per heavy atom. The molecule has 3 heterocycles. The molecule has 40 heavy (non-hydrogen) atoms. The molecular weight excluding hydrogens is 537 g/mol. The van der Waals surface area contributed by atoms with Crippen molar-refractivity contribution in [3.8, 4) is 22.4 Å². The number of amides is 1. The number of alkyl halides is 2. The number of hydrogen-bond acceptors (Lipinski definition) is 4. The van der Waals surface area contributed by atoms with Crippen LogP contribution in [0.25, 0.3) is 33.3 Å². The van der Waals surface area contributed by atoms with Gasteiger partial charge in [-0.05, 0) is 41.8 Å². The minimum Gasteiger partial charge on any atom is -0.352 e. The zero-order chi connectivity index (χ0) is 28.4. The summed E-state index contributed by atoms with van der Waals surface area (Å²) in [5.41, 5.74) is 1.94. The monoisotopic (exact) mass is 564 g/mol. The van der Waals surface area contributed by atoms with Crippen molar-refractivity contribution < 1.29 is 18.0 Å². The first-order valence-electron chi connectivity index (χ1n) is 13.2. The number of rotatable bonds is 7. The molecule has 1 amide bonds. The Morgan fingerprint density at radius 1 is 1.05 bits per heavy atom. The van der Waals surface area contributed by atoms with Crippen LogP contribution in [0.2, 0.25) is 5.02 Å². The quantitative estimate of drug-likeness (QED) is 0.218. The SMILES string of the molecule is C=CC(=O)N1CCN(c2nc(C(F)F)c(-c3ccccc3CCC)c3nc(-c4ccccc4F)c(Cl)cc23)CC1. The second-order valence-electron chi connectivity index (χ2n) is 9.61. The summed E-state index contributed by atoms with van der Waals surface area (Å²) >= 11 is 6.70. The number of piperazine rings is 1. The summed E-state index contributed by atoms with van der Waals surface area (Å²) in [4.78, 5) is 24.9. The molecule has 1 aliphatic heterocycles. The third-order valence-electron chi connectivity index (χ3n) is 7.14. The van der Waals surface area contributed by atoms with E-state index in [2.05, 4.69) is 11.6 Å². The number of fused-ring (bicyclic) bond motifs is 1. The molecule has 0 atom stereocenters. The molecule has 1 saturated heterocycles. The van der Waals surface area contributed by atoms with Gasteiger partial charge in [0.15, 0.2) is 0 Å². The Bertz CT molecular complexity index is 1580. The van der Waals surface area contributed by atoms with Gasteiger partial charge in [0, 0.05) is 42.7 Å². The molecule has 1 aliphatic rings. The maximum absolute atomic E-state index is 14.9. The first kappa shape index (κ1) is 27.6. The first-order chi connectivity index (χ1) is 19.3. The second kappa shape index (κ2) is 11.7. The van der Waals surface area contributed by atoms with E-state index in [1.807, 2.05) is 24.0 Å². The highest BCUT2D eigenvalue weighted by atomic mass is 35.5. The van der Waals surface area contributed by atoms with Gasteiger partial charge < -0.3 is 9.80 Å². The number of carbonyl (C=O) groups excluding carboxylic acids is 1. The normalized spacial score (nSPS) is 13.8. The molecule has 0 N–H and O–H groups in total. The largest absolute Gasteiger partial charge is 0.352 e. The standard InChI is InChI=1S/C31H28ClF3N4O/c1-3-9-19-10-5-6-11-20(19)26-28-22(18-23(32)27(36-28)21-12-7-8-13-24(21)33)31(37-29(26)30(34)35)39-16-14-38(15-17-39)25(40)4-2/h4-8,10-13,18,30H,2-3,9,14-17H2,1H3. The molecule has 2 aromatic carbocycles. The van der Waals surface area contributed by atoms with Gasteiger partial charge in [0.25, 0.3) is 6.43 Å². The zero-order valence-electron chi connectivity index (χ0n) is 22.0. The van der Waals surface area contributed by atoms with Crippen LogP contribution in [0.3, 0.4) is 0 Å². The summed E-state index contributed by atoms with van der Waals surface area (Å²) in [6, 6.07) is 15.1. The highest BCUT2D eigenvalue weighted by Crippen LogP contribution is 2.43. The summed E-state index contributed by atoms with van der Waals surface area (Å²) in [6.45, 7) is 7.09. The van der Waals surface area contributed by atoms with Crippen LogP contribution in [0.5, 0.6) is 0 Å². The van der Waals surface area contributed by atoms with E-state index in [9.17, 15) is 18.0 Å². The number of halogens is 4. The van der Waals surface area contributed by atoms with Gasteiger partial charge in [0.05, 0.1) is 16.2 Å². The number of aromatic nitrogens is 2. The van der Waals surface area contributed by atoms with Crippen LogP contribution >= 0.6 is 11.6 Å². The molecule has 0 bridgehead atoms. The van der Waals surface area contributed by atoms with Crippen molar-refractivity contribution in [1.29, 1.82) is 0 Å². The van der Waals surface area contributed by atoms with E-state index in [1.165, 1.54) is 12.1 Å². The number of pyridine rings is 2. The lowest BCUT2D eigenvalue weighted by molar-refractivity contribution is -0.126. The van der Waals surface area contributed by atoms with E-state index >= 15 is 0 Å². The summed E-state index contributed by atoms with van der Waals surface area (Å²) in [5.74, 6) is -0.398. The Labute approximate surface area is 235 Å². The lowest BCUT2D eigenvalue weighted by Crippen LogP contribution is -2.48. The maximum atomic E-state index is 14.9. The summed E-state index contributed by atoms with van der Waals surface area (Å²) < 4.78 is 44.5. The predicted octanol–water partition coefficient (Wildman–Crippen LogP) is 7.48. The van der Waals surface area contributed by atoms with Crippen molar-refractivity contribution in [1.82, 2.24) is 14.9 Å². The van der Waals surface area contributed by atoms with E-state index in [0.717, 1.165) is 12.0 Å². The van der Waals surface area contributed by atoms with Crippen LogP contribution in [0.1, 0.15) is 31.0 Å². The van der Waals surface area contributed by atoms with Crippen molar-refractivity contribution in [2.45, 2.75) is 26.2 Å². The second-order valence-corrected chi connectivity index (χ2v) is 10.0. The number of benzene rings is 2. The molecule has 2 aromatic heterocycles. The topological polar surface area (TPSA) is 49.3 Å². The van der Waals surface area contributed by atoms with Gasteiger partial charge in [-0.1, -0.05) is 67.9 Å². The Hall–Kier alpha value is -3.91. The average molecular weight is 565 g/mol. The molecule has 0 unspecified atom stereocenters. The van der Waals surface area contributed by atoms with Gasteiger partial charge in [0.2, 0.25) is 5.91 Å². The van der Waals surface area contributed by atoms with Crippen LogP contribution in [0, 0.1) is 5.82 Å². The van der Waals surface area contributed by atoms with E-state index in [-0.39, 0.29) is 33.3 Å². The molecule has 0 saturated carbocycles. The van der Waals surface area contributed by atoms with Crippen LogP contribution in [-0.4, -0.2) is 47.0 Å². The fourth-order valence-corrected chi connectivity index (χ4v) is 5.48. The molecule has 5 nitrogen and oxygen atoms in total. The predicted molar refractivity (Wildman–Crippen MR) is 153 cm³/mol. The zero-order valence-corrected chi connectivity index (χ0v) is 22.8. The summed E-state index contributed by atoms with van der Waals surface area (Å²) in [6.07, 6.45) is -0.146. The number of carbonyl (C=O) groups is 1. The third kappa shape index (κ3) is 5.16. The molecule has 9 heteroatoms. The molecule has 1 fully saturated rings. The summed E-state index contributed by atoms with van der Waals surface area (Å²) in [7, 11) is 0. The Kier molecular flexibility index (Phi) is 8.07. The van der Waals surface area contributed by atoms with Crippen molar-refractivity contribution in [2.75, 3.05) is 31.1 Å². The van der Waals surface area contributed by atoms with Crippen molar-refractivity contribution in [2.24, 2.45) is 0 Å². The first-order valence-corrected chi connectivity index (χ1v) is 13.5. The highest BCUT2D eigenvalue weighted by Gasteiger charge is 2.29. The Morgan fingerprint density at radius 2 is 1.73 bits per heavy atom. The molecule has 5 rings (SSSR count). The van der Waals surface area contributed by atoms with Crippen molar-refractivity contribution in [3.05, 3.63) is 89.3 Å². The van der Waals surface area contributed by atoms with Gasteiger partial charge in [-0.3, -0.25) is 4.79 Å². The fraction of sp³-hybridized carbons (Fsp3) is 0.258. The minimum atomic E-state index is -2.90. The lowest BCUT2D eigenvalue weighted by atomic mass is 9.93. The van der Waals surface area contributed by atoms with Crippen LogP contribution in [0.15, 0.2) is 67.3 Å². The van der Waals surface area contributed by atoms with Crippen LogP contribution in [-0.2, 0) is 11.2 Å². The van der Waals surface area contributed by atoms with Crippen LogP contribution in [0.4, 0.5) is 19.0 Å². The van der Waals surface area contributed by atoms with E-state index in [4.69, 9.17) is 16.6 Å². The fourth-order valence-electron chi connectivity index (χ4n) is 5.23. The number of aryl methyl sites for hydroxylation is 1. The van der Waals surface area contributed by atoms with E-state index in [0.29, 0.717) is 49.4 Å². The number of hydrogen-bond donors (Lipinski definition) is 0. The average Bonchev–Trinajstić information content (AvgIpc) is 2.96. The molecule has 4 aromatic rings. The van der Waals surface area contributed by atoms with E-state index < -0.39 is 17.9 Å². The minimum absolute atomic E-state index is 0.167. The molecule has 0 spiro atoms. The highest BCUT2D eigenvalue weighted by molar-refractivity contribution is 6.34. The van der Waals surface area contributed by atoms with Gasteiger partial charge in [-0.15, -0.1) is 0 Å². The van der Waals surface area contributed by atoms with Crippen LogP contribution < -0.4 is 4.90 Å². The molecular formula is C31H28ClF3N4O. The number of anilines is 1. The van der Waals surface area contributed by atoms with Gasteiger partial charge >= 0.3 is 0 Å². The molecule has 0 radical (unpaired) electrons. The maximum Gasteiger partial charge on any atom is 0.281 e. The molecule has 206 valence electrons. The number of nitrogens with zero attached hydrogens (tertiary/aromatic N) is 4. The van der Waals surface area contributed by atoms with Gasteiger partial charge in [-0.25, -0.2) is 23.1 Å². The third-order valence-corrected chi connectivity index (χ3v) is 7.43. The molecule has 0 aliphatic carbocycles. The Balaban J connectivity index is 1.80. The van der Waals surface area contributed by atoms with Gasteiger partial charge in [0.1, 0.15) is 17.3 Å². The summed E-state index contributed by atoms with van der Waals surface area (Å²) in [5, 5.41) is 0.665. The van der Waals surface area contributed by atoms with E-state index in [1.54, 1.807) is 41.3 Å². The smallest absolute Gasteiger partial charge is 0.281 e. The van der Waals surface area contributed by atoms with Crippen molar-refractivity contribution in [3.63, 3.8) is 0 Å². The van der Waals surface area contributed by atoms with Gasteiger partial charge in [-0.2, -0.15) is 0 Å².